The van der Waals surface area contributed by atoms with Gasteiger partial charge in [0.25, 0.3) is 5.91 Å². The van der Waals surface area contributed by atoms with Crippen molar-refractivity contribution in [2.24, 2.45) is 0 Å². The number of amides is 2. The Morgan fingerprint density at radius 2 is 2.11 bits per heavy atom. The van der Waals surface area contributed by atoms with Crippen LogP contribution in [0.15, 0.2) is 19.3 Å². The SMILES string of the molecule is CSc1nnc(SC2=C(C(=O)O)N3C(=O)C(NC(=O)CC#N)[C@H]3SC2C)s1. The van der Waals surface area contributed by atoms with Gasteiger partial charge in [-0.15, -0.1) is 22.0 Å². The van der Waals surface area contributed by atoms with Gasteiger partial charge in [-0.25, -0.2) is 4.79 Å². The van der Waals surface area contributed by atoms with Crippen molar-refractivity contribution in [2.75, 3.05) is 6.26 Å². The molecule has 1 aromatic rings. The van der Waals surface area contributed by atoms with Crippen molar-refractivity contribution in [3.8, 4) is 6.07 Å². The summed E-state index contributed by atoms with van der Waals surface area (Å²) in [6, 6.07) is 0.891. The molecule has 2 aliphatic heterocycles. The first-order chi connectivity index (χ1) is 12.9. The monoisotopic (exact) mass is 443 g/mol. The molecule has 0 aromatic carbocycles. The van der Waals surface area contributed by atoms with Gasteiger partial charge in [0.1, 0.15) is 23.5 Å². The highest BCUT2D eigenvalue weighted by Crippen LogP contribution is 2.49. The standard InChI is InChI=1S/C14H13N5O4S4/c1-5-9(26-14-18-17-13(24-2)27-14)8(12(22)23)19-10(21)7(11(19)25-5)16-6(20)3-4-15/h5,7,11H,3H2,1-2H3,(H,16,20)(H,22,23)/t5?,7?,11-/m1/s1. The highest BCUT2D eigenvalue weighted by molar-refractivity contribution is 8.08. The number of rotatable bonds is 6. The fraction of sp³-hybridized carbons (Fsp3) is 0.429. The molecule has 0 spiro atoms. The van der Waals surface area contributed by atoms with Gasteiger partial charge < -0.3 is 10.4 Å². The minimum atomic E-state index is -1.21. The second-order valence-electron chi connectivity index (χ2n) is 5.42. The Morgan fingerprint density at radius 1 is 1.41 bits per heavy atom. The van der Waals surface area contributed by atoms with Gasteiger partial charge in [-0.05, 0) is 13.2 Å². The summed E-state index contributed by atoms with van der Waals surface area (Å²) in [5.41, 5.74) is -0.0899. The van der Waals surface area contributed by atoms with Crippen molar-refractivity contribution in [3.63, 3.8) is 0 Å². The Balaban J connectivity index is 1.87. The van der Waals surface area contributed by atoms with Crippen molar-refractivity contribution >= 4 is 64.4 Å². The Bertz CT molecular complexity index is 879. The number of carbonyl (C=O) groups is 3. The van der Waals surface area contributed by atoms with Gasteiger partial charge in [0.2, 0.25) is 5.91 Å². The maximum Gasteiger partial charge on any atom is 0.353 e. The number of fused-ring (bicyclic) bond motifs is 1. The summed E-state index contributed by atoms with van der Waals surface area (Å²) >= 11 is 5.38. The van der Waals surface area contributed by atoms with Crippen molar-refractivity contribution in [1.29, 1.82) is 5.26 Å². The van der Waals surface area contributed by atoms with Crippen molar-refractivity contribution in [2.45, 2.75) is 38.7 Å². The van der Waals surface area contributed by atoms with Crippen LogP contribution in [0.2, 0.25) is 0 Å². The van der Waals surface area contributed by atoms with E-state index < -0.39 is 29.2 Å². The third-order valence-electron chi connectivity index (χ3n) is 3.75. The summed E-state index contributed by atoms with van der Waals surface area (Å²) in [6.07, 6.45) is 1.52. The molecule has 9 nitrogen and oxygen atoms in total. The molecule has 0 bridgehead atoms. The number of aliphatic carboxylic acids is 1. The van der Waals surface area contributed by atoms with Gasteiger partial charge in [0.15, 0.2) is 8.68 Å². The molecule has 3 atom stereocenters. The lowest BCUT2D eigenvalue weighted by molar-refractivity contribution is -0.150. The van der Waals surface area contributed by atoms with Crippen LogP contribution in [0, 0.1) is 11.3 Å². The number of aromatic nitrogens is 2. The average Bonchev–Trinajstić information content (AvgIpc) is 3.08. The first kappa shape index (κ1) is 20.0. The number of carboxylic acids is 1. The number of hydrogen-bond donors (Lipinski definition) is 2. The minimum absolute atomic E-state index is 0.0899. The van der Waals surface area contributed by atoms with Crippen molar-refractivity contribution < 1.29 is 19.5 Å². The summed E-state index contributed by atoms with van der Waals surface area (Å²) in [4.78, 5) is 37.7. The van der Waals surface area contributed by atoms with Crippen LogP contribution in [0.25, 0.3) is 0 Å². The van der Waals surface area contributed by atoms with E-state index in [2.05, 4.69) is 15.5 Å². The molecular weight excluding hydrogens is 430 g/mol. The quantitative estimate of drug-likeness (QED) is 0.489. The van der Waals surface area contributed by atoms with E-state index >= 15 is 0 Å². The molecule has 1 aromatic heterocycles. The fourth-order valence-corrected chi connectivity index (χ4v) is 6.80. The minimum Gasteiger partial charge on any atom is -0.477 e. The van der Waals surface area contributed by atoms with Crippen LogP contribution in [0.5, 0.6) is 0 Å². The molecule has 1 fully saturated rings. The van der Waals surface area contributed by atoms with E-state index in [-0.39, 0.29) is 17.4 Å². The maximum atomic E-state index is 12.5. The molecule has 3 heterocycles. The first-order valence-corrected chi connectivity index (χ1v) is 11.3. The highest BCUT2D eigenvalue weighted by atomic mass is 32.2. The second kappa shape index (κ2) is 8.09. The van der Waals surface area contributed by atoms with Crippen LogP contribution in [0.1, 0.15) is 13.3 Å². The zero-order valence-electron chi connectivity index (χ0n) is 14.0. The van der Waals surface area contributed by atoms with Gasteiger partial charge in [-0.2, -0.15) is 5.26 Å². The molecule has 27 heavy (non-hydrogen) atoms. The predicted molar refractivity (Wildman–Crippen MR) is 102 cm³/mol. The van der Waals surface area contributed by atoms with Gasteiger partial charge in [0, 0.05) is 10.2 Å². The number of hydrogen-bond acceptors (Lipinski definition) is 10. The highest BCUT2D eigenvalue weighted by Gasteiger charge is 2.55. The molecule has 0 radical (unpaired) electrons. The summed E-state index contributed by atoms with van der Waals surface area (Å²) in [7, 11) is 0. The van der Waals surface area contributed by atoms with E-state index in [1.54, 1.807) is 6.07 Å². The van der Waals surface area contributed by atoms with Gasteiger partial charge >= 0.3 is 5.97 Å². The van der Waals surface area contributed by atoms with Crippen LogP contribution in [0.4, 0.5) is 0 Å². The molecule has 142 valence electrons. The first-order valence-electron chi connectivity index (χ1n) is 7.55. The number of nitriles is 1. The topological polar surface area (TPSA) is 136 Å². The molecule has 0 saturated carbocycles. The zero-order chi connectivity index (χ0) is 19.7. The van der Waals surface area contributed by atoms with E-state index in [4.69, 9.17) is 5.26 Å². The molecule has 1 saturated heterocycles. The molecule has 2 N–H and O–H groups in total. The summed E-state index contributed by atoms with van der Waals surface area (Å²) in [6.45, 7) is 1.85. The average molecular weight is 444 g/mol. The van der Waals surface area contributed by atoms with Crippen molar-refractivity contribution in [3.05, 3.63) is 10.6 Å². The van der Waals surface area contributed by atoms with Crippen molar-refractivity contribution in [1.82, 2.24) is 20.4 Å². The van der Waals surface area contributed by atoms with E-state index in [1.165, 1.54) is 51.5 Å². The number of nitrogens with zero attached hydrogens (tertiary/aromatic N) is 4. The van der Waals surface area contributed by atoms with E-state index in [9.17, 15) is 19.5 Å². The Kier molecular flexibility index (Phi) is 5.99. The van der Waals surface area contributed by atoms with Gasteiger partial charge in [-0.1, -0.05) is 34.9 Å². The molecular formula is C14H13N5O4S4. The zero-order valence-corrected chi connectivity index (χ0v) is 17.3. The van der Waals surface area contributed by atoms with E-state index in [0.29, 0.717) is 9.24 Å². The number of thioether (sulfide) groups is 3. The molecule has 0 aliphatic carbocycles. The maximum absolute atomic E-state index is 12.5. The normalized spacial score (nSPS) is 24.1. The molecule has 13 heteroatoms. The van der Waals surface area contributed by atoms with Crippen LogP contribution in [-0.4, -0.2) is 60.9 Å². The third-order valence-corrected chi connectivity index (χ3v) is 8.52. The number of nitrogens with one attached hydrogen (secondary N) is 1. The number of carbonyl (C=O) groups excluding carboxylic acids is 2. The number of carboxylic acid groups (broad SMARTS) is 1. The van der Waals surface area contributed by atoms with Gasteiger partial charge in [-0.3, -0.25) is 14.5 Å². The summed E-state index contributed by atoms with van der Waals surface area (Å²) < 4.78 is 1.37. The van der Waals surface area contributed by atoms with Crippen LogP contribution >= 0.6 is 46.6 Å². The lowest BCUT2D eigenvalue weighted by Gasteiger charge is -2.50. The molecule has 3 rings (SSSR count). The third kappa shape index (κ3) is 3.79. The second-order valence-corrected chi connectivity index (χ2v) is 10.2. The largest absolute Gasteiger partial charge is 0.477 e. The molecule has 2 unspecified atom stereocenters. The Hall–Kier alpha value is -1.75. The summed E-state index contributed by atoms with van der Waals surface area (Å²) in [5.74, 6) is -2.26. The number of β-lactam (4-membered cyclic amide) rings is 1. The lowest BCUT2D eigenvalue weighted by atomic mass is 10.0. The predicted octanol–water partition coefficient (Wildman–Crippen LogP) is 1.35. The Morgan fingerprint density at radius 3 is 2.70 bits per heavy atom. The Labute approximate surface area is 171 Å². The van der Waals surface area contributed by atoms with E-state index in [1.807, 2.05) is 13.2 Å². The van der Waals surface area contributed by atoms with Crippen LogP contribution < -0.4 is 5.32 Å². The smallest absolute Gasteiger partial charge is 0.353 e. The fourth-order valence-electron chi connectivity index (χ4n) is 2.61. The van der Waals surface area contributed by atoms with E-state index in [0.717, 1.165) is 4.34 Å². The van der Waals surface area contributed by atoms with Gasteiger partial charge in [0.05, 0.1) is 6.07 Å². The lowest BCUT2D eigenvalue weighted by Crippen LogP contribution is -2.71. The molecule has 2 amide bonds. The van der Waals surface area contributed by atoms with Crippen LogP contribution in [-0.2, 0) is 14.4 Å². The van der Waals surface area contributed by atoms with Crippen LogP contribution in [0.3, 0.4) is 0 Å². The molecule has 2 aliphatic rings. The summed E-state index contributed by atoms with van der Waals surface area (Å²) in [5, 5.41) is 28.1.